The van der Waals surface area contributed by atoms with Crippen molar-refractivity contribution < 1.29 is 13.5 Å². The second-order valence-electron chi connectivity index (χ2n) is 4.46. The first kappa shape index (κ1) is 15.1. The van der Waals surface area contributed by atoms with Gasteiger partial charge in [-0.3, -0.25) is 0 Å². The van der Waals surface area contributed by atoms with E-state index in [2.05, 4.69) is 30.4 Å². The quantitative estimate of drug-likeness (QED) is 0.757. The molecule has 0 saturated carbocycles. The normalized spacial score (nSPS) is 13.0. The monoisotopic (exact) mass is 257 g/mol. The molecule has 0 aliphatic rings. The summed E-state index contributed by atoms with van der Waals surface area (Å²) in [6, 6.07) is 6.42. The smallest absolute Gasteiger partial charge is 0.261 e. The molecule has 2 nitrogen and oxygen atoms in total. The lowest BCUT2D eigenvalue weighted by molar-refractivity contribution is 0.0145. The molecule has 0 aromatic heterocycles. The first-order valence-electron chi connectivity index (χ1n) is 6.15. The van der Waals surface area contributed by atoms with E-state index in [0.717, 1.165) is 0 Å². The molecular weight excluding hydrogens is 236 g/mol. The van der Waals surface area contributed by atoms with Crippen LogP contribution in [0.4, 0.5) is 8.78 Å². The van der Waals surface area contributed by atoms with Gasteiger partial charge in [-0.25, -0.2) is 8.78 Å². The zero-order valence-corrected chi connectivity index (χ0v) is 11.2. The number of aryl methyl sites for hydroxylation is 2. The molecule has 0 aliphatic carbocycles. The summed E-state index contributed by atoms with van der Waals surface area (Å²) >= 11 is 0. The van der Waals surface area contributed by atoms with Gasteiger partial charge >= 0.3 is 0 Å². The third-order valence-corrected chi connectivity index (χ3v) is 2.95. The van der Waals surface area contributed by atoms with E-state index >= 15 is 0 Å². The first-order chi connectivity index (χ1) is 8.54. The number of hydrogen-bond acceptors (Lipinski definition) is 2. The highest BCUT2D eigenvalue weighted by Crippen LogP contribution is 2.21. The minimum absolute atomic E-state index is 0.141. The van der Waals surface area contributed by atoms with Crippen LogP contribution in [-0.4, -0.2) is 26.7 Å². The van der Waals surface area contributed by atoms with Gasteiger partial charge in [0.2, 0.25) is 0 Å². The standard InChI is InChI=1S/C14H21F2NO/c1-10-4-5-11(2)12(8-10)13(17-3)6-7-18-9-14(15)16/h4-5,8,13-14,17H,6-7,9H2,1-3H3. The van der Waals surface area contributed by atoms with Crippen molar-refractivity contribution in [3.63, 3.8) is 0 Å². The molecule has 0 radical (unpaired) electrons. The van der Waals surface area contributed by atoms with Crippen molar-refractivity contribution >= 4 is 0 Å². The van der Waals surface area contributed by atoms with Crippen molar-refractivity contribution in [1.29, 1.82) is 0 Å². The van der Waals surface area contributed by atoms with Crippen molar-refractivity contribution in [3.05, 3.63) is 34.9 Å². The summed E-state index contributed by atoms with van der Waals surface area (Å²) in [5.41, 5.74) is 3.61. The summed E-state index contributed by atoms with van der Waals surface area (Å²) in [6.45, 7) is 3.95. The van der Waals surface area contributed by atoms with Crippen molar-refractivity contribution in [2.45, 2.75) is 32.7 Å². The van der Waals surface area contributed by atoms with Crippen LogP contribution >= 0.6 is 0 Å². The maximum absolute atomic E-state index is 11.9. The fraction of sp³-hybridized carbons (Fsp3) is 0.571. The van der Waals surface area contributed by atoms with Crippen molar-refractivity contribution in [2.24, 2.45) is 0 Å². The maximum atomic E-state index is 11.9. The van der Waals surface area contributed by atoms with E-state index in [1.807, 2.05) is 14.0 Å². The Kier molecular flexibility index (Phi) is 6.22. The van der Waals surface area contributed by atoms with Gasteiger partial charge in [0.25, 0.3) is 6.43 Å². The van der Waals surface area contributed by atoms with E-state index in [-0.39, 0.29) is 6.04 Å². The average Bonchev–Trinajstić information content (AvgIpc) is 2.33. The molecule has 1 aromatic rings. The predicted octanol–water partition coefficient (Wildman–Crippen LogP) is 3.24. The SMILES string of the molecule is CNC(CCOCC(F)F)c1cc(C)ccc1C. The summed E-state index contributed by atoms with van der Waals surface area (Å²) in [4.78, 5) is 0. The Morgan fingerprint density at radius 2 is 2.00 bits per heavy atom. The lowest BCUT2D eigenvalue weighted by atomic mass is 9.97. The van der Waals surface area contributed by atoms with E-state index in [4.69, 9.17) is 4.74 Å². The van der Waals surface area contributed by atoms with Crippen LogP contribution in [0.5, 0.6) is 0 Å². The highest BCUT2D eigenvalue weighted by Gasteiger charge is 2.12. The van der Waals surface area contributed by atoms with Crippen LogP contribution in [0.25, 0.3) is 0 Å². The number of ether oxygens (including phenoxy) is 1. The molecule has 0 bridgehead atoms. The maximum Gasteiger partial charge on any atom is 0.261 e. The second-order valence-corrected chi connectivity index (χ2v) is 4.46. The molecule has 0 amide bonds. The van der Waals surface area contributed by atoms with E-state index in [0.29, 0.717) is 13.0 Å². The summed E-state index contributed by atoms with van der Waals surface area (Å²) in [5, 5.41) is 3.21. The third kappa shape index (κ3) is 4.70. The number of nitrogens with one attached hydrogen (secondary N) is 1. The van der Waals surface area contributed by atoms with Gasteiger partial charge in [0.05, 0.1) is 0 Å². The minimum Gasteiger partial charge on any atom is -0.375 e. The fourth-order valence-electron chi connectivity index (χ4n) is 1.96. The Hall–Kier alpha value is -1.00. The summed E-state index contributed by atoms with van der Waals surface area (Å²) in [5.74, 6) is 0. The average molecular weight is 257 g/mol. The van der Waals surface area contributed by atoms with Gasteiger partial charge < -0.3 is 10.1 Å². The Morgan fingerprint density at radius 3 is 2.61 bits per heavy atom. The number of hydrogen-bond donors (Lipinski definition) is 1. The van der Waals surface area contributed by atoms with E-state index in [9.17, 15) is 8.78 Å². The van der Waals surface area contributed by atoms with Crippen LogP contribution in [-0.2, 0) is 4.74 Å². The minimum atomic E-state index is -2.39. The fourth-order valence-corrected chi connectivity index (χ4v) is 1.96. The van der Waals surface area contributed by atoms with Crippen LogP contribution < -0.4 is 5.32 Å². The van der Waals surface area contributed by atoms with Gasteiger partial charge in [-0.1, -0.05) is 23.8 Å². The molecule has 0 fully saturated rings. The highest BCUT2D eigenvalue weighted by atomic mass is 19.3. The molecule has 0 heterocycles. The van der Waals surface area contributed by atoms with Crippen molar-refractivity contribution in [1.82, 2.24) is 5.32 Å². The van der Waals surface area contributed by atoms with E-state index < -0.39 is 13.0 Å². The molecule has 18 heavy (non-hydrogen) atoms. The van der Waals surface area contributed by atoms with Gasteiger partial charge in [0.1, 0.15) is 6.61 Å². The van der Waals surface area contributed by atoms with Gasteiger partial charge in [0, 0.05) is 12.6 Å². The second kappa shape index (κ2) is 7.44. The third-order valence-electron chi connectivity index (χ3n) is 2.95. The lowest BCUT2D eigenvalue weighted by Gasteiger charge is -2.19. The first-order valence-corrected chi connectivity index (χ1v) is 6.15. The Bertz CT molecular complexity index is 369. The molecule has 4 heteroatoms. The van der Waals surface area contributed by atoms with E-state index in [1.165, 1.54) is 16.7 Å². The van der Waals surface area contributed by atoms with Gasteiger partial charge in [-0.15, -0.1) is 0 Å². The molecule has 1 atom stereocenters. The molecule has 0 aliphatic heterocycles. The molecule has 1 aromatic carbocycles. The molecule has 1 unspecified atom stereocenters. The summed E-state index contributed by atoms with van der Waals surface area (Å²) in [6.07, 6.45) is -1.70. The van der Waals surface area contributed by atoms with Crippen molar-refractivity contribution in [3.8, 4) is 0 Å². The molecular formula is C14H21F2NO. The van der Waals surface area contributed by atoms with Crippen molar-refractivity contribution in [2.75, 3.05) is 20.3 Å². The Labute approximate surface area is 107 Å². The zero-order valence-electron chi connectivity index (χ0n) is 11.2. The molecule has 102 valence electrons. The Morgan fingerprint density at radius 1 is 1.28 bits per heavy atom. The topological polar surface area (TPSA) is 21.3 Å². The molecule has 0 spiro atoms. The van der Waals surface area contributed by atoms with Gasteiger partial charge in [0.15, 0.2) is 0 Å². The summed E-state index contributed by atoms with van der Waals surface area (Å²) in [7, 11) is 1.87. The van der Waals surface area contributed by atoms with Gasteiger partial charge in [-0.2, -0.15) is 0 Å². The van der Waals surface area contributed by atoms with E-state index in [1.54, 1.807) is 0 Å². The molecule has 1 rings (SSSR count). The number of rotatable bonds is 7. The lowest BCUT2D eigenvalue weighted by Crippen LogP contribution is -2.20. The predicted molar refractivity (Wildman–Crippen MR) is 69.2 cm³/mol. The largest absolute Gasteiger partial charge is 0.375 e. The number of benzene rings is 1. The molecule has 1 N–H and O–H groups in total. The molecule has 0 saturated heterocycles. The van der Waals surface area contributed by atoms with Crippen LogP contribution in [0.1, 0.15) is 29.2 Å². The van der Waals surface area contributed by atoms with Gasteiger partial charge in [-0.05, 0) is 38.4 Å². The number of halogens is 2. The zero-order chi connectivity index (χ0) is 13.5. The highest BCUT2D eigenvalue weighted by molar-refractivity contribution is 5.32. The number of alkyl halides is 2. The summed E-state index contributed by atoms with van der Waals surface area (Å²) < 4.78 is 28.8. The van der Waals surface area contributed by atoms with Crippen LogP contribution in [0.2, 0.25) is 0 Å². The van der Waals surface area contributed by atoms with Crippen LogP contribution in [0.3, 0.4) is 0 Å². The van der Waals surface area contributed by atoms with Crippen LogP contribution in [0, 0.1) is 13.8 Å². The Balaban J connectivity index is 2.57. The van der Waals surface area contributed by atoms with Crippen LogP contribution in [0.15, 0.2) is 18.2 Å².